The number of hydrogen-bond donors (Lipinski definition) is 3. The molecule has 1 aliphatic rings. The number of anilines is 4. The third kappa shape index (κ3) is 3.68. The molecule has 34 heavy (non-hydrogen) atoms. The summed E-state index contributed by atoms with van der Waals surface area (Å²) in [6.07, 6.45) is 1.07. The maximum absolute atomic E-state index is 13.2. The number of aromatic nitrogens is 6. The molecule has 0 atom stereocenters. The van der Waals surface area contributed by atoms with Crippen LogP contribution in [0.25, 0.3) is 5.69 Å². The van der Waals surface area contributed by atoms with Crippen LogP contribution in [0.4, 0.5) is 27.4 Å². The standard InChI is InChI=1S/C21H18FN9O3/c1-23-20(32)18-13(8-16(27-28-18)26-15-7-6-11(22)9-24-15)25-12-4-3-5-14-19(12)34-10-17-29-30(2)21(33)31(14)17/h3-9H,10H2,1-2H3,(H,23,32)(H2,24,25,26,27). The minimum atomic E-state index is -0.473. The monoisotopic (exact) mass is 463 g/mol. The van der Waals surface area contributed by atoms with Crippen LogP contribution >= 0.6 is 0 Å². The number of amides is 1. The number of carbonyl (C=O) groups is 1. The van der Waals surface area contributed by atoms with E-state index in [0.717, 1.165) is 6.20 Å². The van der Waals surface area contributed by atoms with Crippen LogP contribution in [-0.2, 0) is 13.7 Å². The van der Waals surface area contributed by atoms with E-state index in [2.05, 4.69) is 36.2 Å². The lowest BCUT2D eigenvalue weighted by Gasteiger charge is -2.21. The summed E-state index contributed by atoms with van der Waals surface area (Å²) in [6.45, 7) is 0.0989. The maximum atomic E-state index is 13.2. The third-order valence-corrected chi connectivity index (χ3v) is 5.06. The number of carbonyl (C=O) groups excluding carboxylic acids is 1. The maximum Gasteiger partial charge on any atom is 0.350 e. The number of nitrogens with zero attached hydrogens (tertiary/aromatic N) is 6. The lowest BCUT2D eigenvalue weighted by Crippen LogP contribution is -2.25. The zero-order valence-electron chi connectivity index (χ0n) is 18.0. The second kappa shape index (κ2) is 8.27. The zero-order chi connectivity index (χ0) is 23.8. The van der Waals surface area contributed by atoms with Gasteiger partial charge in [-0.15, -0.1) is 10.2 Å². The van der Waals surface area contributed by atoms with Crippen molar-refractivity contribution >= 4 is 28.9 Å². The Labute approximate surface area is 191 Å². The third-order valence-electron chi connectivity index (χ3n) is 5.06. The van der Waals surface area contributed by atoms with Crippen molar-refractivity contribution in [1.29, 1.82) is 0 Å². The first-order valence-electron chi connectivity index (χ1n) is 10.1. The van der Waals surface area contributed by atoms with Gasteiger partial charge in [0, 0.05) is 20.2 Å². The molecule has 13 heteroatoms. The minimum absolute atomic E-state index is 0.0350. The van der Waals surface area contributed by atoms with Gasteiger partial charge < -0.3 is 20.7 Å². The van der Waals surface area contributed by atoms with E-state index in [9.17, 15) is 14.0 Å². The molecule has 12 nitrogen and oxygen atoms in total. The van der Waals surface area contributed by atoms with Gasteiger partial charge >= 0.3 is 5.69 Å². The number of ether oxygens (including phenoxy) is 1. The van der Waals surface area contributed by atoms with E-state index in [0.29, 0.717) is 34.5 Å². The average Bonchev–Trinajstić information content (AvgIpc) is 3.14. The van der Waals surface area contributed by atoms with Crippen molar-refractivity contribution in [2.75, 3.05) is 17.7 Å². The van der Waals surface area contributed by atoms with Crippen LogP contribution in [0.2, 0.25) is 0 Å². The lowest BCUT2D eigenvalue weighted by molar-refractivity contribution is 0.0958. The van der Waals surface area contributed by atoms with Gasteiger partial charge in [-0.3, -0.25) is 4.79 Å². The number of fused-ring (bicyclic) bond motifs is 3. The topological polar surface area (TPSA) is 141 Å². The Kier molecular flexibility index (Phi) is 5.12. The molecule has 0 aliphatic carbocycles. The van der Waals surface area contributed by atoms with Gasteiger partial charge in [-0.25, -0.2) is 23.4 Å². The van der Waals surface area contributed by atoms with E-state index in [4.69, 9.17) is 4.74 Å². The zero-order valence-corrected chi connectivity index (χ0v) is 18.0. The molecule has 3 aromatic heterocycles. The highest BCUT2D eigenvalue weighted by Gasteiger charge is 2.25. The summed E-state index contributed by atoms with van der Waals surface area (Å²) in [4.78, 5) is 28.9. The van der Waals surface area contributed by atoms with E-state index >= 15 is 0 Å². The quantitative estimate of drug-likeness (QED) is 0.403. The molecule has 1 amide bonds. The number of pyridine rings is 1. The predicted octanol–water partition coefficient (Wildman–Crippen LogP) is 1.63. The van der Waals surface area contributed by atoms with E-state index in [1.165, 1.54) is 28.4 Å². The molecule has 1 aromatic carbocycles. The number of nitrogens with one attached hydrogen (secondary N) is 3. The fourth-order valence-electron chi connectivity index (χ4n) is 3.50. The van der Waals surface area contributed by atoms with E-state index in [-0.39, 0.29) is 23.8 Å². The Morgan fingerprint density at radius 1 is 1.12 bits per heavy atom. The van der Waals surface area contributed by atoms with Crippen molar-refractivity contribution in [3.63, 3.8) is 0 Å². The van der Waals surface area contributed by atoms with Crippen LogP contribution in [0, 0.1) is 5.82 Å². The van der Waals surface area contributed by atoms with Gasteiger partial charge in [0.15, 0.2) is 23.1 Å². The number of aryl methyl sites for hydroxylation is 1. The highest BCUT2D eigenvalue weighted by Crippen LogP contribution is 2.37. The first-order chi connectivity index (χ1) is 16.4. The summed E-state index contributed by atoms with van der Waals surface area (Å²) < 4.78 is 21.8. The first-order valence-corrected chi connectivity index (χ1v) is 10.1. The van der Waals surface area contributed by atoms with Crippen LogP contribution in [0.5, 0.6) is 5.75 Å². The summed E-state index contributed by atoms with van der Waals surface area (Å²) in [5.41, 5.74) is 1.07. The summed E-state index contributed by atoms with van der Waals surface area (Å²) in [7, 11) is 3.05. The van der Waals surface area contributed by atoms with Gasteiger partial charge in [-0.2, -0.15) is 5.10 Å². The first kappa shape index (κ1) is 21.1. The molecule has 0 unspecified atom stereocenters. The molecular formula is C21H18FN9O3. The Morgan fingerprint density at radius 2 is 1.97 bits per heavy atom. The smallest absolute Gasteiger partial charge is 0.350 e. The van der Waals surface area contributed by atoms with Gasteiger partial charge in [0.05, 0.1) is 23.3 Å². The molecule has 0 radical (unpaired) electrons. The van der Waals surface area contributed by atoms with E-state index < -0.39 is 11.7 Å². The van der Waals surface area contributed by atoms with Gasteiger partial charge in [-0.05, 0) is 24.3 Å². The predicted molar refractivity (Wildman–Crippen MR) is 119 cm³/mol. The van der Waals surface area contributed by atoms with Gasteiger partial charge in [0.25, 0.3) is 5.91 Å². The summed E-state index contributed by atoms with van der Waals surface area (Å²) in [6, 6.07) is 9.49. The van der Waals surface area contributed by atoms with Crippen molar-refractivity contribution < 1.29 is 13.9 Å². The normalized spacial score (nSPS) is 11.7. The van der Waals surface area contributed by atoms with E-state index in [1.807, 2.05) is 0 Å². The SMILES string of the molecule is CNC(=O)c1nnc(Nc2ccc(F)cn2)cc1Nc1cccc2c1OCc1nn(C)c(=O)n1-2. The van der Waals surface area contributed by atoms with Crippen LogP contribution in [0.15, 0.2) is 47.4 Å². The molecule has 0 spiro atoms. The molecule has 3 N–H and O–H groups in total. The molecule has 0 saturated heterocycles. The summed E-state index contributed by atoms with van der Waals surface area (Å²) >= 11 is 0. The van der Waals surface area contributed by atoms with Crippen molar-refractivity contribution in [2.24, 2.45) is 7.05 Å². The van der Waals surface area contributed by atoms with Crippen molar-refractivity contribution in [1.82, 2.24) is 34.8 Å². The Balaban J connectivity index is 1.54. The van der Waals surface area contributed by atoms with Gasteiger partial charge in [0.1, 0.15) is 18.2 Å². The fraction of sp³-hybridized carbons (Fsp3) is 0.143. The van der Waals surface area contributed by atoms with Crippen molar-refractivity contribution in [2.45, 2.75) is 6.61 Å². The largest absolute Gasteiger partial charge is 0.481 e. The fourth-order valence-corrected chi connectivity index (χ4v) is 3.50. The second-order valence-electron chi connectivity index (χ2n) is 7.28. The molecule has 5 rings (SSSR count). The minimum Gasteiger partial charge on any atom is -0.481 e. The molecule has 0 bridgehead atoms. The van der Waals surface area contributed by atoms with Crippen molar-refractivity contribution in [3.05, 3.63) is 70.4 Å². The average molecular weight is 463 g/mol. The number of para-hydroxylation sites is 1. The van der Waals surface area contributed by atoms with Gasteiger partial charge in [-0.1, -0.05) is 6.07 Å². The van der Waals surface area contributed by atoms with Crippen molar-refractivity contribution in [3.8, 4) is 11.4 Å². The highest BCUT2D eigenvalue weighted by molar-refractivity contribution is 5.98. The Bertz CT molecular complexity index is 1460. The Hall–Kier alpha value is -4.81. The van der Waals surface area contributed by atoms with E-state index in [1.54, 1.807) is 31.3 Å². The Morgan fingerprint density at radius 3 is 2.74 bits per heavy atom. The van der Waals surface area contributed by atoms with Crippen LogP contribution in [0.1, 0.15) is 16.3 Å². The van der Waals surface area contributed by atoms with Crippen LogP contribution < -0.4 is 26.4 Å². The molecule has 4 heterocycles. The highest BCUT2D eigenvalue weighted by atomic mass is 19.1. The number of rotatable bonds is 5. The lowest BCUT2D eigenvalue weighted by atomic mass is 10.2. The summed E-state index contributed by atoms with van der Waals surface area (Å²) in [5, 5.41) is 20.8. The van der Waals surface area contributed by atoms with Crippen LogP contribution in [0.3, 0.4) is 0 Å². The molecule has 1 aliphatic heterocycles. The van der Waals surface area contributed by atoms with Gasteiger partial charge in [0.2, 0.25) is 0 Å². The molecule has 0 fully saturated rings. The molecule has 4 aromatic rings. The second-order valence-corrected chi connectivity index (χ2v) is 7.28. The number of hydrogen-bond acceptors (Lipinski definition) is 9. The summed E-state index contributed by atoms with van der Waals surface area (Å²) in [5.74, 6) is 0.576. The van der Waals surface area contributed by atoms with Crippen LogP contribution in [-0.4, -0.2) is 42.5 Å². The number of halogens is 1. The molecule has 172 valence electrons. The number of benzene rings is 1. The molecular weight excluding hydrogens is 445 g/mol. The molecule has 0 saturated carbocycles.